The molecule has 0 aliphatic rings. The Hall–Kier alpha value is -0.913. The van der Waals surface area contributed by atoms with Crippen LogP contribution in [-0.4, -0.2) is 33.3 Å². The van der Waals surface area contributed by atoms with Crippen LogP contribution in [0.1, 0.15) is 0 Å². The molecule has 96 valence electrons. The highest BCUT2D eigenvalue weighted by molar-refractivity contribution is 6.76. The van der Waals surface area contributed by atoms with Gasteiger partial charge in [-0.2, -0.15) is 0 Å². The van der Waals surface area contributed by atoms with Crippen molar-refractivity contribution in [1.82, 2.24) is 4.98 Å². The Bertz CT molecular complexity index is 313. The van der Waals surface area contributed by atoms with Crippen LogP contribution in [0.15, 0.2) is 24.5 Å². The second kappa shape index (κ2) is 6.73. The van der Waals surface area contributed by atoms with Crippen LogP contribution in [-0.2, 0) is 9.47 Å². The lowest BCUT2D eigenvalue weighted by atomic mass is 10.5. The summed E-state index contributed by atoms with van der Waals surface area (Å²) in [6.07, 6.45) is 3.33. The maximum atomic E-state index is 5.53. The van der Waals surface area contributed by atoms with Gasteiger partial charge in [-0.15, -0.1) is 0 Å². The lowest BCUT2D eigenvalue weighted by Gasteiger charge is -2.20. The summed E-state index contributed by atoms with van der Waals surface area (Å²) in [5.41, 5.74) is 0. The van der Waals surface area contributed by atoms with Crippen LogP contribution in [0.3, 0.4) is 0 Å². The van der Waals surface area contributed by atoms with Crippen LogP contribution in [0.25, 0.3) is 0 Å². The van der Waals surface area contributed by atoms with Crippen LogP contribution < -0.4 is 4.74 Å². The number of aromatic nitrogens is 1. The minimum absolute atomic E-state index is 0.646. The van der Waals surface area contributed by atoms with Crippen molar-refractivity contribution in [2.75, 3.05) is 13.7 Å². The zero-order chi connectivity index (χ0) is 12.7. The van der Waals surface area contributed by atoms with Crippen molar-refractivity contribution < 1.29 is 14.2 Å². The molecule has 1 aromatic rings. The summed E-state index contributed by atoms with van der Waals surface area (Å²) in [7, 11) is 0.488. The lowest BCUT2D eigenvalue weighted by molar-refractivity contribution is -0.231. The molecule has 0 aliphatic carbocycles. The Labute approximate surface area is 104 Å². The summed E-state index contributed by atoms with van der Waals surface area (Å²) in [6, 6.07) is 4.72. The van der Waals surface area contributed by atoms with Crippen LogP contribution in [0.2, 0.25) is 25.7 Å². The van der Waals surface area contributed by atoms with Gasteiger partial charge in [0.15, 0.2) is 0 Å². The Morgan fingerprint density at radius 2 is 2.12 bits per heavy atom. The molecule has 0 fully saturated rings. The number of methoxy groups -OCH3 is 1. The summed E-state index contributed by atoms with van der Waals surface area (Å²) in [6.45, 7) is 6.92. The average Bonchev–Trinajstić information content (AvgIpc) is 2.27. The maximum Gasteiger partial charge on any atom is 0.315 e. The van der Waals surface area contributed by atoms with E-state index in [0.29, 0.717) is 12.4 Å². The first-order valence-corrected chi connectivity index (χ1v) is 9.43. The van der Waals surface area contributed by atoms with E-state index in [1.54, 1.807) is 19.5 Å². The molecule has 0 bridgehead atoms. The first kappa shape index (κ1) is 14.1. The minimum atomic E-state index is -1.08. The van der Waals surface area contributed by atoms with Gasteiger partial charge in [0.05, 0.1) is 12.8 Å². The standard InChI is InChI=1S/C12H21NO3Si/c1-14-12(15-8-9-17(2,3)4)16-11-6-5-7-13-10-11/h5-7,10,12H,8-9H2,1-4H3. The predicted molar refractivity (Wildman–Crippen MR) is 69.8 cm³/mol. The normalized spacial score (nSPS) is 13.4. The largest absolute Gasteiger partial charge is 0.440 e. The summed E-state index contributed by atoms with van der Waals surface area (Å²) in [5, 5.41) is 0. The molecule has 1 unspecified atom stereocenters. The van der Waals surface area contributed by atoms with Crippen molar-refractivity contribution in [2.45, 2.75) is 32.2 Å². The average molecular weight is 255 g/mol. The highest BCUT2D eigenvalue weighted by Crippen LogP contribution is 2.12. The molecule has 1 heterocycles. The molecule has 0 aliphatic heterocycles. The van der Waals surface area contributed by atoms with Gasteiger partial charge in [-0.1, -0.05) is 19.6 Å². The van der Waals surface area contributed by atoms with E-state index in [1.165, 1.54) is 0 Å². The molecule has 0 saturated carbocycles. The Balaban J connectivity index is 2.34. The van der Waals surface area contributed by atoms with Gasteiger partial charge in [0.2, 0.25) is 0 Å². The number of pyridine rings is 1. The zero-order valence-corrected chi connectivity index (χ0v) is 12.0. The number of ether oxygens (including phenoxy) is 3. The Morgan fingerprint density at radius 3 is 2.65 bits per heavy atom. The number of nitrogens with zero attached hydrogens (tertiary/aromatic N) is 1. The van der Waals surface area contributed by atoms with Gasteiger partial charge in [-0.05, 0) is 18.2 Å². The van der Waals surface area contributed by atoms with E-state index < -0.39 is 14.5 Å². The third-order valence-corrected chi connectivity index (χ3v) is 3.87. The van der Waals surface area contributed by atoms with Gasteiger partial charge in [-0.3, -0.25) is 4.98 Å². The van der Waals surface area contributed by atoms with Crippen LogP contribution >= 0.6 is 0 Å². The number of hydrogen-bond donors (Lipinski definition) is 0. The maximum absolute atomic E-state index is 5.53. The molecule has 17 heavy (non-hydrogen) atoms. The molecule has 0 aromatic carbocycles. The topological polar surface area (TPSA) is 40.6 Å². The molecule has 1 atom stereocenters. The van der Waals surface area contributed by atoms with Gasteiger partial charge in [0, 0.05) is 21.4 Å². The number of rotatable bonds is 7. The van der Waals surface area contributed by atoms with E-state index >= 15 is 0 Å². The monoisotopic (exact) mass is 255 g/mol. The summed E-state index contributed by atoms with van der Waals surface area (Å²) in [4.78, 5) is 3.96. The van der Waals surface area contributed by atoms with Gasteiger partial charge in [0.1, 0.15) is 5.75 Å². The molecular formula is C12H21NO3Si. The molecular weight excluding hydrogens is 234 g/mol. The van der Waals surface area contributed by atoms with Crippen molar-refractivity contribution in [3.63, 3.8) is 0 Å². The second-order valence-corrected chi connectivity index (χ2v) is 10.6. The quantitative estimate of drug-likeness (QED) is 0.555. The van der Waals surface area contributed by atoms with E-state index in [1.807, 2.05) is 12.1 Å². The first-order valence-electron chi connectivity index (χ1n) is 5.72. The number of hydrogen-bond acceptors (Lipinski definition) is 4. The van der Waals surface area contributed by atoms with Crippen LogP contribution in [0.5, 0.6) is 5.75 Å². The fourth-order valence-electron chi connectivity index (χ4n) is 1.14. The van der Waals surface area contributed by atoms with Gasteiger partial charge in [0.25, 0.3) is 0 Å². The second-order valence-electron chi connectivity index (χ2n) is 5.01. The minimum Gasteiger partial charge on any atom is -0.440 e. The zero-order valence-electron chi connectivity index (χ0n) is 11.0. The third kappa shape index (κ3) is 6.40. The fraction of sp³-hybridized carbons (Fsp3) is 0.583. The van der Waals surface area contributed by atoms with Gasteiger partial charge in [-0.25, -0.2) is 0 Å². The third-order valence-electron chi connectivity index (χ3n) is 2.17. The fourth-order valence-corrected chi connectivity index (χ4v) is 1.87. The molecule has 1 rings (SSSR count). The van der Waals surface area contributed by atoms with E-state index in [9.17, 15) is 0 Å². The van der Waals surface area contributed by atoms with Crippen molar-refractivity contribution in [3.05, 3.63) is 24.5 Å². The summed E-state index contributed by atoms with van der Waals surface area (Å²) < 4.78 is 16.1. The summed E-state index contributed by atoms with van der Waals surface area (Å²) in [5.74, 6) is 0.646. The SMILES string of the molecule is COC(OCC[Si](C)(C)C)Oc1cccnc1. The summed E-state index contributed by atoms with van der Waals surface area (Å²) >= 11 is 0. The van der Waals surface area contributed by atoms with Crippen LogP contribution in [0.4, 0.5) is 0 Å². The van der Waals surface area contributed by atoms with Gasteiger partial charge >= 0.3 is 6.48 Å². The predicted octanol–water partition coefficient (Wildman–Crippen LogP) is 2.75. The molecule has 0 saturated heterocycles. The highest BCUT2D eigenvalue weighted by atomic mass is 28.3. The lowest BCUT2D eigenvalue weighted by Crippen LogP contribution is -2.27. The van der Waals surface area contributed by atoms with E-state index in [-0.39, 0.29) is 0 Å². The van der Waals surface area contributed by atoms with Crippen molar-refractivity contribution >= 4 is 8.07 Å². The smallest absolute Gasteiger partial charge is 0.315 e. The van der Waals surface area contributed by atoms with Crippen molar-refractivity contribution in [3.8, 4) is 5.75 Å². The molecule has 4 nitrogen and oxygen atoms in total. The molecule has 0 N–H and O–H groups in total. The van der Waals surface area contributed by atoms with E-state index in [0.717, 1.165) is 6.04 Å². The van der Waals surface area contributed by atoms with Crippen molar-refractivity contribution in [1.29, 1.82) is 0 Å². The van der Waals surface area contributed by atoms with E-state index in [4.69, 9.17) is 14.2 Å². The first-order chi connectivity index (χ1) is 8.01. The van der Waals surface area contributed by atoms with Gasteiger partial charge < -0.3 is 14.2 Å². The molecule has 1 aromatic heterocycles. The highest BCUT2D eigenvalue weighted by Gasteiger charge is 2.15. The van der Waals surface area contributed by atoms with E-state index in [2.05, 4.69) is 24.6 Å². The molecule has 0 amide bonds. The van der Waals surface area contributed by atoms with Crippen LogP contribution in [0, 0.1) is 0 Å². The Kier molecular flexibility index (Phi) is 5.60. The molecule has 0 radical (unpaired) electrons. The Morgan fingerprint density at radius 1 is 1.35 bits per heavy atom. The molecule has 5 heteroatoms. The molecule has 0 spiro atoms. The van der Waals surface area contributed by atoms with Crippen molar-refractivity contribution in [2.24, 2.45) is 0 Å².